The van der Waals surface area contributed by atoms with E-state index >= 15 is 0 Å². The summed E-state index contributed by atoms with van der Waals surface area (Å²) in [4.78, 5) is 27.6. The second-order valence-corrected chi connectivity index (χ2v) is 9.73. The van der Waals surface area contributed by atoms with E-state index in [1.165, 1.54) is 0 Å². The molecule has 4 N–H and O–H groups in total. The minimum atomic E-state index is -0.870. The Bertz CT molecular complexity index is 1320. The predicted molar refractivity (Wildman–Crippen MR) is 152 cm³/mol. The summed E-state index contributed by atoms with van der Waals surface area (Å²) in [6, 6.07) is 24.0. The van der Waals surface area contributed by atoms with Gasteiger partial charge in [-0.2, -0.15) is 5.26 Å². The van der Waals surface area contributed by atoms with Crippen molar-refractivity contribution in [1.82, 2.24) is 10.6 Å². The van der Waals surface area contributed by atoms with Gasteiger partial charge in [0.15, 0.2) is 0 Å². The average Bonchev–Trinajstić information content (AvgIpc) is 3.39. The highest BCUT2D eigenvalue weighted by atomic mass is 16.3. The van der Waals surface area contributed by atoms with Crippen LogP contribution in [0.15, 0.2) is 72.8 Å². The van der Waals surface area contributed by atoms with Crippen LogP contribution < -0.4 is 20.9 Å². The molecule has 0 bridgehead atoms. The molecule has 0 radical (unpaired) electrons. The molecule has 2 amide bonds. The molecule has 1 saturated heterocycles. The molecule has 39 heavy (non-hydrogen) atoms. The smallest absolute Gasteiger partial charge is 0.251 e. The number of carbonyl (C=O) groups excluding carboxylic acids is 2. The van der Waals surface area contributed by atoms with E-state index in [9.17, 15) is 14.7 Å². The molecule has 4 rings (SSSR count). The van der Waals surface area contributed by atoms with Crippen LogP contribution in [-0.4, -0.2) is 48.7 Å². The monoisotopic (exact) mass is 525 g/mol. The predicted octanol–water partition coefficient (Wildman–Crippen LogP) is 3.61. The van der Waals surface area contributed by atoms with E-state index in [0.717, 1.165) is 23.2 Å². The van der Waals surface area contributed by atoms with E-state index in [2.05, 4.69) is 22.0 Å². The first kappa shape index (κ1) is 27.8. The maximum Gasteiger partial charge on any atom is 0.251 e. The van der Waals surface area contributed by atoms with E-state index in [1.54, 1.807) is 23.1 Å². The third-order valence-electron chi connectivity index (χ3n) is 6.76. The molecule has 0 unspecified atom stereocenters. The van der Waals surface area contributed by atoms with Gasteiger partial charge >= 0.3 is 0 Å². The second-order valence-electron chi connectivity index (χ2n) is 9.73. The molecule has 0 saturated carbocycles. The lowest BCUT2D eigenvalue weighted by atomic mass is 10.00. The molecule has 1 aliphatic heterocycles. The highest BCUT2D eigenvalue weighted by Crippen LogP contribution is 2.27. The molecule has 0 aliphatic carbocycles. The number of nitrogens with one attached hydrogen (secondary N) is 3. The van der Waals surface area contributed by atoms with E-state index in [-0.39, 0.29) is 18.4 Å². The molecular formula is C31H35N5O3. The number of aliphatic hydroxyl groups is 1. The Morgan fingerprint density at radius 2 is 1.87 bits per heavy atom. The summed E-state index contributed by atoms with van der Waals surface area (Å²) >= 11 is 0. The first-order chi connectivity index (χ1) is 19.0. The van der Waals surface area contributed by atoms with E-state index in [0.29, 0.717) is 49.3 Å². The fourth-order valence-electron chi connectivity index (χ4n) is 4.79. The largest absolute Gasteiger partial charge is 0.390 e. The molecule has 1 heterocycles. The summed E-state index contributed by atoms with van der Waals surface area (Å²) in [6.07, 6.45) is 0.880. The zero-order valence-corrected chi connectivity index (χ0v) is 22.2. The van der Waals surface area contributed by atoms with Gasteiger partial charge in [-0.25, -0.2) is 0 Å². The zero-order chi connectivity index (χ0) is 27.6. The maximum atomic E-state index is 13.5. The van der Waals surface area contributed by atoms with Crippen molar-refractivity contribution in [2.75, 3.05) is 29.9 Å². The fraction of sp³-hybridized carbons (Fsp3) is 0.323. The Morgan fingerprint density at radius 1 is 1.08 bits per heavy atom. The summed E-state index contributed by atoms with van der Waals surface area (Å²) in [5.74, 6) is -0.261. The minimum Gasteiger partial charge on any atom is -0.390 e. The van der Waals surface area contributed by atoms with Gasteiger partial charge in [-0.15, -0.1) is 0 Å². The topological polar surface area (TPSA) is 117 Å². The lowest BCUT2D eigenvalue weighted by Gasteiger charge is -2.25. The van der Waals surface area contributed by atoms with E-state index in [4.69, 9.17) is 5.26 Å². The van der Waals surface area contributed by atoms with Crippen molar-refractivity contribution in [2.45, 2.75) is 44.9 Å². The molecule has 0 aromatic heterocycles. The number of benzene rings is 3. The van der Waals surface area contributed by atoms with Crippen LogP contribution in [0.5, 0.6) is 0 Å². The Labute approximate surface area is 229 Å². The number of nitrogens with zero attached hydrogens (tertiary/aromatic N) is 2. The lowest BCUT2D eigenvalue weighted by Crippen LogP contribution is -2.48. The van der Waals surface area contributed by atoms with Gasteiger partial charge in [0.25, 0.3) is 5.91 Å². The normalized spacial score (nSPS) is 14.5. The summed E-state index contributed by atoms with van der Waals surface area (Å²) in [5, 5.41) is 29.8. The van der Waals surface area contributed by atoms with Crippen LogP contribution in [0, 0.1) is 11.3 Å². The summed E-state index contributed by atoms with van der Waals surface area (Å²) in [5.41, 5.74) is 4.40. The second kappa shape index (κ2) is 13.6. The van der Waals surface area contributed by atoms with Crippen LogP contribution in [-0.2, 0) is 17.8 Å². The van der Waals surface area contributed by atoms with Crippen molar-refractivity contribution in [1.29, 1.82) is 5.26 Å². The van der Waals surface area contributed by atoms with Gasteiger partial charge in [0.05, 0.1) is 23.8 Å². The number of rotatable bonds is 12. The van der Waals surface area contributed by atoms with E-state index in [1.807, 2.05) is 61.5 Å². The Kier molecular flexibility index (Phi) is 9.68. The molecule has 1 aliphatic rings. The molecule has 1 fully saturated rings. The van der Waals surface area contributed by atoms with Crippen molar-refractivity contribution in [3.8, 4) is 6.07 Å². The number of nitriles is 1. The van der Waals surface area contributed by atoms with Crippen molar-refractivity contribution in [3.63, 3.8) is 0 Å². The summed E-state index contributed by atoms with van der Waals surface area (Å²) < 4.78 is 0. The van der Waals surface area contributed by atoms with Gasteiger partial charge in [0, 0.05) is 49.5 Å². The lowest BCUT2D eigenvalue weighted by molar-refractivity contribution is -0.117. The van der Waals surface area contributed by atoms with Crippen LogP contribution in [0.25, 0.3) is 0 Å². The first-order valence-electron chi connectivity index (χ1n) is 13.4. The third kappa shape index (κ3) is 7.66. The molecule has 8 heteroatoms. The molecule has 3 aromatic carbocycles. The summed E-state index contributed by atoms with van der Waals surface area (Å²) in [7, 11) is 0. The number of hydrogen-bond donors (Lipinski definition) is 4. The fourth-order valence-corrected chi connectivity index (χ4v) is 4.79. The first-order valence-corrected chi connectivity index (χ1v) is 13.4. The van der Waals surface area contributed by atoms with Gasteiger partial charge in [-0.1, -0.05) is 42.5 Å². The number of anilines is 2. The van der Waals surface area contributed by atoms with Crippen molar-refractivity contribution >= 4 is 23.2 Å². The highest BCUT2D eigenvalue weighted by molar-refractivity contribution is 6.00. The number of aliphatic hydroxyl groups excluding tert-OH is 1. The Morgan fingerprint density at radius 3 is 2.59 bits per heavy atom. The number of carbonyl (C=O) groups is 2. The summed E-state index contributed by atoms with van der Waals surface area (Å²) in [6.45, 7) is 4.02. The standard InChI is InChI=1S/C31H35N5O3/c1-2-34-26-16-25(17-27(18-26)36-13-7-12-30(36)38)31(39)35-28(15-22-8-4-3-5-9-22)29(37)21-33-20-24-11-6-10-23(14-24)19-32/h3-6,8-11,14,16-18,28-29,33-34,37H,2,7,12-13,15,20-21H2,1H3,(H,35,39)/t28-,29+/m0/s1. The quantitative estimate of drug-likeness (QED) is 0.287. The van der Waals surface area contributed by atoms with Crippen molar-refractivity contribution < 1.29 is 14.7 Å². The minimum absolute atomic E-state index is 0.0544. The molecule has 8 nitrogen and oxygen atoms in total. The van der Waals surface area contributed by atoms with Gasteiger partial charge in [0.2, 0.25) is 5.91 Å². The van der Waals surface area contributed by atoms with E-state index < -0.39 is 12.1 Å². The highest BCUT2D eigenvalue weighted by Gasteiger charge is 2.25. The third-order valence-corrected chi connectivity index (χ3v) is 6.76. The van der Waals surface area contributed by atoms with Crippen LogP contribution in [0.3, 0.4) is 0 Å². The Balaban J connectivity index is 1.50. The van der Waals surface area contributed by atoms with Crippen LogP contribution >= 0.6 is 0 Å². The molecule has 0 spiro atoms. The molecule has 202 valence electrons. The average molecular weight is 526 g/mol. The van der Waals surface area contributed by atoms with Crippen molar-refractivity contribution in [3.05, 3.63) is 95.1 Å². The van der Waals surface area contributed by atoms with Crippen LogP contribution in [0.1, 0.15) is 46.8 Å². The maximum absolute atomic E-state index is 13.5. The zero-order valence-electron chi connectivity index (χ0n) is 22.2. The van der Waals surface area contributed by atoms with Crippen LogP contribution in [0.4, 0.5) is 11.4 Å². The Hall–Kier alpha value is -4.19. The van der Waals surface area contributed by atoms with Gasteiger partial charge in [0.1, 0.15) is 0 Å². The van der Waals surface area contributed by atoms with Gasteiger partial charge in [-0.05, 0) is 61.2 Å². The van der Waals surface area contributed by atoms with Gasteiger partial charge in [-0.3, -0.25) is 9.59 Å². The number of hydrogen-bond acceptors (Lipinski definition) is 6. The molecular weight excluding hydrogens is 490 g/mol. The van der Waals surface area contributed by atoms with Crippen molar-refractivity contribution in [2.24, 2.45) is 0 Å². The SMILES string of the molecule is CCNc1cc(C(=O)N[C@@H](Cc2ccccc2)[C@H](O)CNCc2cccc(C#N)c2)cc(N2CCCC2=O)c1. The molecule has 3 aromatic rings. The number of amides is 2. The van der Waals surface area contributed by atoms with Crippen LogP contribution in [0.2, 0.25) is 0 Å². The van der Waals surface area contributed by atoms with Gasteiger partial charge < -0.3 is 26.0 Å². The molecule has 2 atom stereocenters.